The van der Waals surface area contributed by atoms with Gasteiger partial charge in [-0.1, -0.05) is 0 Å². The largest absolute Gasteiger partial charge is 0.452 e. The fraction of sp³-hybridized carbons (Fsp3) is 0.643. The van der Waals surface area contributed by atoms with Crippen molar-refractivity contribution in [3.63, 3.8) is 0 Å². The van der Waals surface area contributed by atoms with Crippen molar-refractivity contribution < 1.29 is 9.21 Å². The zero-order chi connectivity index (χ0) is 14.8. The van der Waals surface area contributed by atoms with Gasteiger partial charge >= 0.3 is 0 Å². The summed E-state index contributed by atoms with van der Waals surface area (Å²) in [5, 5.41) is 3.29. The van der Waals surface area contributed by atoms with E-state index in [0.717, 1.165) is 55.8 Å². The van der Waals surface area contributed by atoms with Gasteiger partial charge in [0.2, 0.25) is 5.91 Å². The van der Waals surface area contributed by atoms with E-state index in [1.54, 1.807) is 0 Å². The third kappa shape index (κ3) is 3.52. The molecule has 0 aromatic carbocycles. The van der Waals surface area contributed by atoms with Crippen molar-refractivity contribution in [3.8, 4) is 0 Å². The van der Waals surface area contributed by atoms with Crippen LogP contribution in [0.1, 0.15) is 18.6 Å². The lowest BCUT2D eigenvalue weighted by molar-refractivity contribution is -0.136. The van der Waals surface area contributed by atoms with Crippen LogP contribution in [0.2, 0.25) is 0 Å². The molecule has 3 rings (SSSR count). The number of nitrogens with zero attached hydrogens (tertiary/aromatic N) is 2. The number of amides is 1. The second-order valence-electron chi connectivity index (χ2n) is 5.54. The van der Waals surface area contributed by atoms with E-state index in [9.17, 15) is 4.79 Å². The fourth-order valence-corrected chi connectivity index (χ4v) is 3.72. The first-order valence-corrected chi connectivity index (χ1v) is 8.91. The molecular weight excluding hydrogens is 402 g/mol. The molecule has 1 aromatic rings. The molecule has 0 spiro atoms. The zero-order valence-corrected chi connectivity index (χ0v) is 15.0. The number of carbonyl (C=O) groups excluding carboxylic acids is 1. The Balaban J connectivity index is 1.65. The summed E-state index contributed by atoms with van der Waals surface area (Å²) in [6, 6.07) is 1.97. The lowest BCUT2D eigenvalue weighted by Crippen LogP contribution is -2.52. The standard InChI is InChI=1S/C14H19Br2N3O2/c15-11-8-10(21-13(11)16)9-19-5-1-2-12(19)14(20)18-6-3-17-4-7-18/h8,12,17H,1-7,9H2. The van der Waals surface area contributed by atoms with Gasteiger partial charge < -0.3 is 14.6 Å². The summed E-state index contributed by atoms with van der Waals surface area (Å²) < 4.78 is 7.27. The van der Waals surface area contributed by atoms with Crippen LogP contribution in [0, 0.1) is 0 Å². The summed E-state index contributed by atoms with van der Waals surface area (Å²) in [6.45, 7) is 5.08. The van der Waals surface area contributed by atoms with E-state index in [-0.39, 0.29) is 11.9 Å². The van der Waals surface area contributed by atoms with E-state index in [1.807, 2.05) is 11.0 Å². The Hall–Kier alpha value is -0.370. The minimum absolute atomic E-state index is 0.00533. The molecule has 0 bridgehead atoms. The molecule has 2 aliphatic heterocycles. The first kappa shape index (κ1) is 15.5. The number of piperazine rings is 1. The quantitative estimate of drug-likeness (QED) is 0.814. The van der Waals surface area contributed by atoms with Crippen LogP contribution in [-0.2, 0) is 11.3 Å². The van der Waals surface area contributed by atoms with Gasteiger partial charge in [0.25, 0.3) is 0 Å². The van der Waals surface area contributed by atoms with Crippen molar-refractivity contribution in [2.24, 2.45) is 0 Å². The second-order valence-corrected chi connectivity index (χ2v) is 7.11. The van der Waals surface area contributed by atoms with Crippen LogP contribution in [-0.4, -0.2) is 54.5 Å². The van der Waals surface area contributed by atoms with Crippen LogP contribution >= 0.6 is 31.9 Å². The molecule has 5 nitrogen and oxygen atoms in total. The molecule has 0 aliphatic carbocycles. The summed E-state index contributed by atoms with van der Waals surface area (Å²) in [5.74, 6) is 1.16. The van der Waals surface area contributed by atoms with E-state index in [2.05, 4.69) is 42.1 Å². The SMILES string of the molecule is O=C(C1CCCN1Cc1cc(Br)c(Br)o1)N1CCNCC1. The minimum atomic E-state index is 0.00533. The molecule has 2 fully saturated rings. The molecule has 1 N–H and O–H groups in total. The number of halogens is 2. The Labute approximate surface area is 141 Å². The highest BCUT2D eigenvalue weighted by Crippen LogP contribution is 2.29. The molecule has 2 saturated heterocycles. The number of carbonyl (C=O) groups is 1. The minimum Gasteiger partial charge on any atom is -0.452 e. The molecule has 0 saturated carbocycles. The van der Waals surface area contributed by atoms with E-state index in [1.165, 1.54) is 0 Å². The summed E-state index contributed by atoms with van der Waals surface area (Å²) in [4.78, 5) is 16.9. The highest BCUT2D eigenvalue weighted by Gasteiger charge is 2.34. The highest BCUT2D eigenvalue weighted by atomic mass is 79.9. The van der Waals surface area contributed by atoms with Crippen molar-refractivity contribution in [2.75, 3.05) is 32.7 Å². The van der Waals surface area contributed by atoms with Crippen molar-refractivity contribution in [1.29, 1.82) is 0 Å². The predicted molar refractivity (Wildman–Crippen MR) is 87.0 cm³/mol. The number of nitrogens with one attached hydrogen (secondary N) is 1. The summed E-state index contributed by atoms with van der Waals surface area (Å²) in [7, 11) is 0. The third-order valence-electron chi connectivity index (χ3n) is 4.13. The Kier molecular flexibility index (Phi) is 5.03. The van der Waals surface area contributed by atoms with E-state index < -0.39 is 0 Å². The molecule has 116 valence electrons. The van der Waals surface area contributed by atoms with Gasteiger partial charge in [0.05, 0.1) is 17.1 Å². The van der Waals surface area contributed by atoms with Crippen LogP contribution in [0.4, 0.5) is 0 Å². The van der Waals surface area contributed by atoms with Crippen LogP contribution in [0.25, 0.3) is 0 Å². The van der Waals surface area contributed by atoms with Gasteiger partial charge in [-0.05, 0) is 57.3 Å². The van der Waals surface area contributed by atoms with Gasteiger partial charge in [0.15, 0.2) is 4.67 Å². The smallest absolute Gasteiger partial charge is 0.240 e. The van der Waals surface area contributed by atoms with E-state index in [4.69, 9.17) is 4.42 Å². The third-order valence-corrected chi connectivity index (χ3v) is 5.84. The number of hydrogen-bond acceptors (Lipinski definition) is 4. The number of rotatable bonds is 3. The van der Waals surface area contributed by atoms with E-state index >= 15 is 0 Å². The van der Waals surface area contributed by atoms with Gasteiger partial charge in [-0.2, -0.15) is 0 Å². The number of furan rings is 1. The van der Waals surface area contributed by atoms with Crippen molar-refractivity contribution >= 4 is 37.8 Å². The zero-order valence-electron chi connectivity index (χ0n) is 11.8. The Morgan fingerprint density at radius 3 is 2.76 bits per heavy atom. The molecule has 1 atom stereocenters. The van der Waals surface area contributed by atoms with Crippen molar-refractivity contribution in [3.05, 3.63) is 21.0 Å². The lowest BCUT2D eigenvalue weighted by Gasteiger charge is -2.32. The molecule has 3 heterocycles. The van der Waals surface area contributed by atoms with E-state index in [0.29, 0.717) is 11.2 Å². The van der Waals surface area contributed by atoms with Gasteiger partial charge in [0.1, 0.15) is 5.76 Å². The summed E-state index contributed by atoms with van der Waals surface area (Å²) in [5.41, 5.74) is 0. The van der Waals surface area contributed by atoms with Gasteiger partial charge in [-0.15, -0.1) is 0 Å². The van der Waals surface area contributed by atoms with Gasteiger partial charge in [-0.3, -0.25) is 9.69 Å². The molecular formula is C14H19Br2N3O2. The Morgan fingerprint density at radius 1 is 1.33 bits per heavy atom. The summed E-state index contributed by atoms with van der Waals surface area (Å²) >= 11 is 6.79. The molecule has 1 aromatic heterocycles. The molecule has 2 aliphatic rings. The maximum absolute atomic E-state index is 12.7. The monoisotopic (exact) mass is 419 g/mol. The predicted octanol–water partition coefficient (Wildman–Crippen LogP) is 2.20. The Bertz CT molecular complexity index is 495. The van der Waals surface area contributed by atoms with Crippen LogP contribution in [0.5, 0.6) is 0 Å². The lowest BCUT2D eigenvalue weighted by atomic mass is 10.1. The molecule has 0 radical (unpaired) electrons. The van der Waals surface area contributed by atoms with Crippen LogP contribution in [0.3, 0.4) is 0 Å². The van der Waals surface area contributed by atoms with Gasteiger partial charge in [0, 0.05) is 26.2 Å². The first-order chi connectivity index (χ1) is 10.1. The van der Waals surface area contributed by atoms with Crippen LogP contribution in [0.15, 0.2) is 19.6 Å². The normalized spacial score (nSPS) is 23.7. The van der Waals surface area contributed by atoms with Gasteiger partial charge in [-0.25, -0.2) is 0 Å². The summed E-state index contributed by atoms with van der Waals surface area (Å²) in [6.07, 6.45) is 2.03. The highest BCUT2D eigenvalue weighted by molar-refractivity contribution is 9.13. The molecule has 7 heteroatoms. The molecule has 1 amide bonds. The Morgan fingerprint density at radius 2 is 2.10 bits per heavy atom. The second kappa shape index (κ2) is 6.81. The average Bonchev–Trinajstić information content (AvgIpc) is 3.07. The topological polar surface area (TPSA) is 48.7 Å². The maximum Gasteiger partial charge on any atom is 0.240 e. The maximum atomic E-state index is 12.7. The first-order valence-electron chi connectivity index (χ1n) is 7.32. The molecule has 1 unspecified atom stereocenters. The number of likely N-dealkylation sites (tertiary alicyclic amines) is 1. The molecule has 21 heavy (non-hydrogen) atoms. The fourth-order valence-electron chi connectivity index (χ4n) is 3.06. The average molecular weight is 421 g/mol. The number of hydrogen-bond donors (Lipinski definition) is 1. The van der Waals surface area contributed by atoms with Crippen LogP contribution < -0.4 is 5.32 Å². The van der Waals surface area contributed by atoms with Crippen molar-refractivity contribution in [1.82, 2.24) is 15.1 Å². The van der Waals surface area contributed by atoms with Crippen molar-refractivity contribution in [2.45, 2.75) is 25.4 Å².